The fourth-order valence-electron chi connectivity index (χ4n) is 1.57. The molecule has 0 amide bonds. The van der Waals surface area contributed by atoms with Gasteiger partial charge >= 0.3 is 0 Å². The number of rotatable bonds is 4. The molecule has 0 radical (unpaired) electrons. The van der Waals surface area contributed by atoms with Crippen molar-refractivity contribution in [3.63, 3.8) is 0 Å². The third-order valence-electron chi connectivity index (χ3n) is 2.45. The zero-order valence-electron chi connectivity index (χ0n) is 9.91. The molecule has 0 bridgehead atoms. The summed E-state index contributed by atoms with van der Waals surface area (Å²) in [6.45, 7) is 0.784. The average Bonchev–Trinajstić information content (AvgIpc) is 2.38. The van der Waals surface area contributed by atoms with Crippen LogP contribution in [0.2, 0.25) is 5.02 Å². The first-order valence-electron chi connectivity index (χ1n) is 5.56. The predicted molar refractivity (Wildman–Crippen MR) is 70.7 cm³/mol. The van der Waals surface area contributed by atoms with E-state index >= 15 is 0 Å². The van der Waals surface area contributed by atoms with E-state index in [0.717, 1.165) is 12.1 Å². The highest BCUT2D eigenvalue weighted by molar-refractivity contribution is 6.30. The Balaban J connectivity index is 2.16. The molecule has 0 saturated carbocycles. The Labute approximate surface area is 110 Å². The van der Waals surface area contributed by atoms with E-state index in [4.69, 9.17) is 16.3 Å². The van der Waals surface area contributed by atoms with Crippen LogP contribution in [0.1, 0.15) is 5.56 Å². The molecule has 0 atom stereocenters. The molecule has 0 saturated heterocycles. The summed E-state index contributed by atoms with van der Waals surface area (Å²) in [5.41, 5.74) is 1.14. The van der Waals surface area contributed by atoms with Crippen molar-refractivity contribution in [3.05, 3.63) is 58.9 Å². The molecule has 2 aromatic rings. The van der Waals surface area contributed by atoms with Crippen LogP contribution in [0.15, 0.2) is 42.5 Å². The normalized spacial score (nSPS) is 10.4. The first-order valence-corrected chi connectivity index (χ1v) is 5.94. The number of nitrogens with one attached hydrogen (secondary N) is 1. The van der Waals surface area contributed by atoms with Gasteiger partial charge in [-0.1, -0.05) is 29.8 Å². The average molecular weight is 266 g/mol. The fourth-order valence-corrected chi connectivity index (χ4v) is 1.74. The largest absolute Gasteiger partial charge is 0.454 e. The van der Waals surface area contributed by atoms with Gasteiger partial charge in [0.2, 0.25) is 0 Å². The minimum Gasteiger partial charge on any atom is -0.454 e. The van der Waals surface area contributed by atoms with Crippen molar-refractivity contribution in [2.45, 2.75) is 6.54 Å². The van der Waals surface area contributed by atoms with E-state index in [1.807, 2.05) is 19.2 Å². The smallest absolute Gasteiger partial charge is 0.184 e. The van der Waals surface area contributed by atoms with Gasteiger partial charge in [-0.15, -0.1) is 0 Å². The van der Waals surface area contributed by atoms with Crippen LogP contribution in [0.5, 0.6) is 11.5 Å². The zero-order chi connectivity index (χ0) is 13.0. The summed E-state index contributed by atoms with van der Waals surface area (Å²) in [5.74, 6) is 0.165. The van der Waals surface area contributed by atoms with Crippen molar-refractivity contribution in [1.29, 1.82) is 0 Å². The third-order valence-corrected chi connectivity index (χ3v) is 2.74. The highest BCUT2D eigenvalue weighted by Crippen LogP contribution is 2.28. The van der Waals surface area contributed by atoms with Crippen LogP contribution >= 0.6 is 11.6 Å². The maximum absolute atomic E-state index is 13.6. The van der Waals surface area contributed by atoms with E-state index in [1.165, 1.54) is 6.07 Å². The molecule has 0 aliphatic carbocycles. The summed E-state index contributed by atoms with van der Waals surface area (Å²) in [7, 11) is 1.88. The highest BCUT2D eigenvalue weighted by atomic mass is 35.5. The Morgan fingerprint density at radius 3 is 2.56 bits per heavy atom. The summed E-state index contributed by atoms with van der Waals surface area (Å²) in [6.07, 6.45) is 0. The predicted octanol–water partition coefficient (Wildman–Crippen LogP) is 3.99. The molecule has 2 rings (SSSR count). The van der Waals surface area contributed by atoms with Crippen molar-refractivity contribution < 1.29 is 9.13 Å². The number of hydrogen-bond donors (Lipinski definition) is 1. The first kappa shape index (κ1) is 12.9. The van der Waals surface area contributed by atoms with Crippen molar-refractivity contribution >= 4 is 11.6 Å². The molecule has 0 aliphatic heterocycles. The van der Waals surface area contributed by atoms with Crippen LogP contribution in [-0.4, -0.2) is 7.05 Å². The lowest BCUT2D eigenvalue weighted by Gasteiger charge is -2.08. The Bertz CT molecular complexity index is 528. The summed E-state index contributed by atoms with van der Waals surface area (Å²) in [4.78, 5) is 0. The van der Waals surface area contributed by atoms with E-state index in [2.05, 4.69) is 5.32 Å². The number of halogens is 2. The summed E-state index contributed by atoms with van der Waals surface area (Å²) < 4.78 is 19.1. The van der Waals surface area contributed by atoms with E-state index < -0.39 is 5.82 Å². The summed E-state index contributed by atoms with van der Waals surface area (Å²) >= 11 is 5.68. The lowest BCUT2D eigenvalue weighted by atomic mass is 10.2. The molecule has 0 aromatic heterocycles. The highest BCUT2D eigenvalue weighted by Gasteiger charge is 2.08. The van der Waals surface area contributed by atoms with Crippen LogP contribution < -0.4 is 10.1 Å². The summed E-state index contributed by atoms with van der Waals surface area (Å²) in [5, 5.41) is 3.11. The second-order valence-electron chi connectivity index (χ2n) is 3.83. The molecular formula is C14H13ClFNO. The van der Waals surface area contributed by atoms with Gasteiger partial charge in [-0.25, -0.2) is 4.39 Å². The Kier molecular flexibility index (Phi) is 4.18. The molecule has 18 heavy (non-hydrogen) atoms. The van der Waals surface area contributed by atoms with Crippen LogP contribution in [0.3, 0.4) is 0 Å². The van der Waals surface area contributed by atoms with Crippen LogP contribution in [0, 0.1) is 5.82 Å². The molecule has 0 spiro atoms. The lowest BCUT2D eigenvalue weighted by molar-refractivity contribution is 0.442. The maximum Gasteiger partial charge on any atom is 0.184 e. The fraction of sp³-hybridized carbons (Fsp3) is 0.143. The first-order chi connectivity index (χ1) is 8.70. The number of hydrogen-bond acceptors (Lipinski definition) is 2. The van der Waals surface area contributed by atoms with Gasteiger partial charge in [-0.05, 0) is 36.9 Å². The molecule has 0 heterocycles. The lowest BCUT2D eigenvalue weighted by Crippen LogP contribution is -2.04. The van der Waals surface area contributed by atoms with Gasteiger partial charge < -0.3 is 10.1 Å². The monoisotopic (exact) mass is 265 g/mol. The van der Waals surface area contributed by atoms with Crippen molar-refractivity contribution in [1.82, 2.24) is 5.32 Å². The van der Waals surface area contributed by atoms with E-state index in [-0.39, 0.29) is 10.8 Å². The summed E-state index contributed by atoms with van der Waals surface area (Å²) in [6, 6.07) is 12.1. The van der Waals surface area contributed by atoms with Crippen molar-refractivity contribution in [2.24, 2.45) is 0 Å². The van der Waals surface area contributed by atoms with E-state index in [1.54, 1.807) is 24.3 Å². The van der Waals surface area contributed by atoms with Gasteiger partial charge in [-0.3, -0.25) is 0 Å². The van der Waals surface area contributed by atoms with Gasteiger partial charge in [0.1, 0.15) is 5.75 Å². The van der Waals surface area contributed by atoms with Gasteiger partial charge in [0.25, 0.3) is 0 Å². The van der Waals surface area contributed by atoms with E-state index in [9.17, 15) is 4.39 Å². The van der Waals surface area contributed by atoms with Crippen molar-refractivity contribution in [2.75, 3.05) is 7.05 Å². The van der Waals surface area contributed by atoms with Crippen LogP contribution in [-0.2, 0) is 6.54 Å². The van der Waals surface area contributed by atoms with Gasteiger partial charge in [0.05, 0.1) is 5.02 Å². The second kappa shape index (κ2) is 5.85. The van der Waals surface area contributed by atoms with Crippen LogP contribution in [0.25, 0.3) is 0 Å². The third kappa shape index (κ3) is 3.00. The van der Waals surface area contributed by atoms with Gasteiger partial charge in [-0.2, -0.15) is 0 Å². The number of benzene rings is 2. The van der Waals surface area contributed by atoms with Gasteiger partial charge in [0.15, 0.2) is 11.6 Å². The molecule has 2 nitrogen and oxygen atoms in total. The second-order valence-corrected chi connectivity index (χ2v) is 4.24. The molecule has 0 aliphatic rings. The molecule has 0 fully saturated rings. The quantitative estimate of drug-likeness (QED) is 0.902. The minimum absolute atomic E-state index is 0.0549. The van der Waals surface area contributed by atoms with E-state index in [0.29, 0.717) is 5.75 Å². The topological polar surface area (TPSA) is 21.3 Å². The molecule has 1 N–H and O–H groups in total. The zero-order valence-corrected chi connectivity index (χ0v) is 10.7. The number of ether oxygens (including phenoxy) is 1. The molecule has 2 aromatic carbocycles. The molecule has 4 heteroatoms. The molecular weight excluding hydrogens is 253 g/mol. The van der Waals surface area contributed by atoms with Gasteiger partial charge in [0, 0.05) is 6.54 Å². The minimum atomic E-state index is -0.543. The Morgan fingerprint density at radius 2 is 1.89 bits per heavy atom. The van der Waals surface area contributed by atoms with Crippen LogP contribution in [0.4, 0.5) is 4.39 Å². The maximum atomic E-state index is 13.6. The molecule has 0 unspecified atom stereocenters. The Hall–Kier alpha value is -1.58. The van der Waals surface area contributed by atoms with Crippen molar-refractivity contribution in [3.8, 4) is 11.5 Å². The molecule has 94 valence electrons. The SMILES string of the molecule is CNCc1ccc(Oc2cccc(Cl)c2F)cc1. The standard InChI is InChI=1S/C14H13ClFNO/c1-17-9-10-5-7-11(8-6-10)18-13-4-2-3-12(15)14(13)16/h2-8,17H,9H2,1H3. The Morgan fingerprint density at radius 1 is 1.17 bits per heavy atom.